The van der Waals surface area contributed by atoms with Gasteiger partial charge in [0.05, 0.1) is 5.69 Å². The third kappa shape index (κ3) is 3.74. The molecule has 0 saturated carbocycles. The van der Waals surface area contributed by atoms with Gasteiger partial charge in [-0.2, -0.15) is 0 Å². The maximum atomic E-state index is 13.1. The van der Waals surface area contributed by atoms with Gasteiger partial charge in [0, 0.05) is 35.3 Å². The lowest BCUT2D eigenvalue weighted by atomic mass is 9.97. The van der Waals surface area contributed by atoms with Crippen molar-refractivity contribution in [2.75, 3.05) is 18.6 Å². The van der Waals surface area contributed by atoms with Crippen molar-refractivity contribution in [2.24, 2.45) is 0 Å². The first-order chi connectivity index (χ1) is 15.9. The van der Waals surface area contributed by atoms with Crippen molar-refractivity contribution in [3.05, 3.63) is 83.6 Å². The van der Waals surface area contributed by atoms with Crippen LogP contribution in [0.3, 0.4) is 0 Å². The van der Waals surface area contributed by atoms with Crippen LogP contribution in [0.25, 0.3) is 22.0 Å². The quantitative estimate of drug-likeness (QED) is 0.490. The third-order valence-electron chi connectivity index (χ3n) is 6.19. The minimum Gasteiger partial charge on any atom is -0.489 e. The second-order valence-corrected chi connectivity index (χ2v) is 8.48. The number of carbonyl (C=O) groups is 2. The van der Waals surface area contributed by atoms with Gasteiger partial charge in [0.15, 0.2) is 0 Å². The zero-order chi connectivity index (χ0) is 23.1. The molecule has 5 rings (SSSR count). The van der Waals surface area contributed by atoms with Crippen molar-refractivity contribution >= 4 is 28.4 Å². The van der Waals surface area contributed by atoms with Crippen LogP contribution in [0.5, 0.6) is 5.75 Å². The number of nitrogens with zero attached hydrogens (tertiary/aromatic N) is 1. The molecule has 1 aliphatic rings. The first-order valence-electron chi connectivity index (χ1n) is 10.9. The van der Waals surface area contributed by atoms with E-state index >= 15 is 0 Å². The van der Waals surface area contributed by atoms with E-state index in [2.05, 4.69) is 42.3 Å². The highest BCUT2D eigenvalue weighted by Crippen LogP contribution is 2.33. The van der Waals surface area contributed by atoms with E-state index in [1.54, 1.807) is 13.1 Å². The molecule has 2 N–H and O–H groups in total. The number of carbonyl (C=O) groups excluding carboxylic acids is 2. The molecular formula is C27H25N3O3. The molecule has 0 fully saturated rings. The van der Waals surface area contributed by atoms with E-state index in [1.807, 2.05) is 42.6 Å². The monoisotopic (exact) mass is 439 g/mol. The second kappa shape index (κ2) is 8.13. The number of likely N-dealkylation sites (N-methyl/N-ethyl adjacent to an activating group) is 1. The number of hydrogen-bond donors (Lipinski definition) is 2. The molecule has 2 amide bonds. The normalized spacial score (nSPS) is 15.7. The number of para-hydroxylation sites is 2. The van der Waals surface area contributed by atoms with E-state index in [-0.39, 0.29) is 18.4 Å². The standard InChI is InChI=1S/C27H25N3O3/c1-16-8-9-17(2)19(12-16)21-14-28-22-11-10-18(13-20(21)22)26(31)29-23-15-33-25-7-5-4-6-24(25)30(3)27(23)32/h4-14,23,28H,15H2,1-3H3,(H,29,31)/t23-/m0/s1. The summed E-state index contributed by atoms with van der Waals surface area (Å²) in [6.07, 6.45) is 1.98. The fraction of sp³-hybridized carbons (Fsp3) is 0.185. The molecule has 0 aliphatic carbocycles. The number of ether oxygens (including phenoxy) is 1. The van der Waals surface area contributed by atoms with E-state index < -0.39 is 6.04 Å². The number of anilines is 1. The Labute approximate surface area is 192 Å². The average Bonchev–Trinajstić information content (AvgIpc) is 3.20. The smallest absolute Gasteiger partial charge is 0.252 e. The molecule has 33 heavy (non-hydrogen) atoms. The summed E-state index contributed by atoms with van der Waals surface area (Å²) in [5.74, 6) is 0.0930. The van der Waals surface area contributed by atoms with Gasteiger partial charge in [-0.25, -0.2) is 0 Å². The number of aryl methyl sites for hydroxylation is 2. The minimum atomic E-state index is -0.782. The lowest BCUT2D eigenvalue weighted by Gasteiger charge is -2.20. The van der Waals surface area contributed by atoms with Gasteiger partial charge in [-0.3, -0.25) is 9.59 Å². The largest absolute Gasteiger partial charge is 0.489 e. The predicted molar refractivity (Wildman–Crippen MR) is 130 cm³/mol. The Morgan fingerprint density at radius 3 is 2.73 bits per heavy atom. The molecule has 1 aliphatic heterocycles. The highest BCUT2D eigenvalue weighted by Gasteiger charge is 2.30. The van der Waals surface area contributed by atoms with Crippen LogP contribution in [0.4, 0.5) is 5.69 Å². The number of benzene rings is 3. The summed E-state index contributed by atoms with van der Waals surface area (Å²) in [7, 11) is 1.69. The fourth-order valence-corrected chi connectivity index (χ4v) is 4.31. The van der Waals surface area contributed by atoms with Crippen LogP contribution < -0.4 is 15.0 Å². The highest BCUT2D eigenvalue weighted by molar-refractivity contribution is 6.06. The van der Waals surface area contributed by atoms with Gasteiger partial charge >= 0.3 is 0 Å². The summed E-state index contributed by atoms with van der Waals surface area (Å²) in [6, 6.07) is 18.5. The molecule has 1 aromatic heterocycles. The molecule has 4 aromatic rings. The van der Waals surface area contributed by atoms with Crippen molar-refractivity contribution < 1.29 is 14.3 Å². The van der Waals surface area contributed by atoms with Gasteiger partial charge < -0.3 is 19.9 Å². The Bertz CT molecular complexity index is 1390. The van der Waals surface area contributed by atoms with E-state index in [9.17, 15) is 9.59 Å². The Hall–Kier alpha value is -4.06. The minimum absolute atomic E-state index is 0.0755. The second-order valence-electron chi connectivity index (χ2n) is 8.48. The molecule has 0 unspecified atom stereocenters. The summed E-state index contributed by atoms with van der Waals surface area (Å²) >= 11 is 0. The predicted octanol–water partition coefficient (Wildman–Crippen LogP) is 4.61. The van der Waals surface area contributed by atoms with Crippen LogP contribution in [0.15, 0.2) is 66.9 Å². The molecule has 0 radical (unpaired) electrons. The maximum Gasteiger partial charge on any atom is 0.252 e. The number of fused-ring (bicyclic) bond motifs is 2. The molecule has 166 valence electrons. The average molecular weight is 440 g/mol. The van der Waals surface area contributed by atoms with Crippen LogP contribution in [0.2, 0.25) is 0 Å². The van der Waals surface area contributed by atoms with Crippen LogP contribution >= 0.6 is 0 Å². The van der Waals surface area contributed by atoms with Gasteiger partial charge in [0.25, 0.3) is 11.8 Å². The van der Waals surface area contributed by atoms with Crippen LogP contribution in [-0.2, 0) is 4.79 Å². The molecule has 0 spiro atoms. The van der Waals surface area contributed by atoms with E-state index in [0.29, 0.717) is 17.0 Å². The number of hydrogen-bond acceptors (Lipinski definition) is 3. The first kappa shape index (κ1) is 20.8. The Kier molecular flexibility index (Phi) is 5.13. The number of amides is 2. The lowest BCUT2D eigenvalue weighted by Crippen LogP contribution is -2.49. The third-order valence-corrected chi connectivity index (χ3v) is 6.19. The number of aromatic amines is 1. The summed E-state index contributed by atoms with van der Waals surface area (Å²) in [6.45, 7) is 4.22. The van der Waals surface area contributed by atoms with Gasteiger partial charge in [-0.1, -0.05) is 35.9 Å². The topological polar surface area (TPSA) is 74.4 Å². The van der Waals surface area contributed by atoms with Crippen molar-refractivity contribution in [3.63, 3.8) is 0 Å². The molecular weight excluding hydrogens is 414 g/mol. The SMILES string of the molecule is Cc1ccc(C)c(-c2c[nH]c3ccc(C(=O)N[C@H]4COc5ccccc5N(C)C4=O)cc23)c1. The van der Waals surface area contributed by atoms with E-state index in [0.717, 1.165) is 22.0 Å². The summed E-state index contributed by atoms with van der Waals surface area (Å²) in [4.78, 5) is 30.9. The van der Waals surface area contributed by atoms with Gasteiger partial charge in [-0.15, -0.1) is 0 Å². The number of H-pyrrole nitrogens is 1. The molecule has 2 heterocycles. The van der Waals surface area contributed by atoms with Crippen molar-refractivity contribution in [3.8, 4) is 16.9 Å². The Morgan fingerprint density at radius 1 is 1.06 bits per heavy atom. The van der Waals surface area contributed by atoms with Gasteiger partial charge in [-0.05, 0) is 55.3 Å². The maximum absolute atomic E-state index is 13.1. The lowest BCUT2D eigenvalue weighted by molar-refractivity contribution is -0.120. The summed E-state index contributed by atoms with van der Waals surface area (Å²) in [5.41, 5.74) is 6.65. The molecule has 0 saturated heterocycles. The molecule has 3 aromatic carbocycles. The Balaban J connectivity index is 1.43. The zero-order valence-electron chi connectivity index (χ0n) is 18.8. The van der Waals surface area contributed by atoms with Crippen LogP contribution in [-0.4, -0.2) is 36.5 Å². The fourth-order valence-electron chi connectivity index (χ4n) is 4.31. The zero-order valence-corrected chi connectivity index (χ0v) is 18.8. The summed E-state index contributed by atoms with van der Waals surface area (Å²) in [5, 5.41) is 3.82. The molecule has 1 atom stereocenters. The van der Waals surface area contributed by atoms with E-state index in [4.69, 9.17) is 4.74 Å². The first-order valence-corrected chi connectivity index (χ1v) is 10.9. The van der Waals surface area contributed by atoms with Gasteiger partial charge in [0.1, 0.15) is 18.4 Å². The Morgan fingerprint density at radius 2 is 1.88 bits per heavy atom. The number of nitrogens with one attached hydrogen (secondary N) is 2. The van der Waals surface area contributed by atoms with Gasteiger partial charge in [0.2, 0.25) is 0 Å². The summed E-state index contributed by atoms with van der Waals surface area (Å²) < 4.78 is 5.82. The van der Waals surface area contributed by atoms with E-state index in [1.165, 1.54) is 16.0 Å². The van der Waals surface area contributed by atoms with Crippen molar-refractivity contribution in [1.82, 2.24) is 10.3 Å². The van der Waals surface area contributed by atoms with Crippen LogP contribution in [0.1, 0.15) is 21.5 Å². The van der Waals surface area contributed by atoms with Crippen LogP contribution in [0, 0.1) is 13.8 Å². The number of aromatic nitrogens is 1. The van der Waals surface area contributed by atoms with Crippen molar-refractivity contribution in [1.29, 1.82) is 0 Å². The molecule has 6 nitrogen and oxygen atoms in total. The number of rotatable bonds is 3. The molecule has 6 heteroatoms. The van der Waals surface area contributed by atoms with Crippen molar-refractivity contribution in [2.45, 2.75) is 19.9 Å². The molecule has 0 bridgehead atoms. The highest BCUT2D eigenvalue weighted by atomic mass is 16.5.